The number of aliphatic carboxylic acids is 1. The Morgan fingerprint density at radius 2 is 1.54 bits per heavy atom. The molecule has 0 unspecified atom stereocenters. The monoisotopic (exact) mass is 543 g/mol. The van der Waals surface area contributed by atoms with Crippen LogP contribution in [0, 0.1) is 0 Å². The molecule has 3 amide bonds. The molecular weight excluding hydrogens is 515 g/mol. The van der Waals surface area contributed by atoms with Gasteiger partial charge in [0.15, 0.2) is 0 Å². The molecule has 0 spiro atoms. The predicted molar refractivity (Wildman–Crippen MR) is 140 cm³/mol. The van der Waals surface area contributed by atoms with Gasteiger partial charge in [-0.1, -0.05) is 38.1 Å². The van der Waals surface area contributed by atoms with E-state index in [-0.39, 0.29) is 31.1 Å². The number of hydrogen-bond donors (Lipinski definition) is 3. The van der Waals surface area contributed by atoms with Crippen molar-refractivity contribution < 1.29 is 37.4 Å². The highest BCUT2D eigenvalue weighted by Gasteiger charge is 2.31. The molecule has 3 N–H and O–H groups in total. The Kier molecular flexibility index (Phi) is 9.53. The number of amides is 3. The van der Waals surface area contributed by atoms with Crippen molar-refractivity contribution in [3.05, 3.63) is 89.5 Å². The van der Waals surface area contributed by atoms with Crippen LogP contribution in [0.15, 0.2) is 72.8 Å². The second-order valence-corrected chi connectivity index (χ2v) is 8.93. The maximum absolute atomic E-state index is 13.3. The molecule has 0 bridgehead atoms. The smallest absolute Gasteiger partial charge is 0.481 e. The van der Waals surface area contributed by atoms with Gasteiger partial charge in [0.2, 0.25) is 0 Å². The number of halogens is 3. The summed E-state index contributed by atoms with van der Waals surface area (Å²) < 4.78 is 41.2. The van der Waals surface area contributed by atoms with Gasteiger partial charge in [0.1, 0.15) is 5.75 Å². The van der Waals surface area contributed by atoms with Gasteiger partial charge in [0.05, 0.1) is 13.0 Å². The third kappa shape index (κ3) is 9.06. The van der Waals surface area contributed by atoms with Gasteiger partial charge in [0, 0.05) is 23.5 Å². The van der Waals surface area contributed by atoms with Gasteiger partial charge in [0.25, 0.3) is 5.91 Å². The van der Waals surface area contributed by atoms with Crippen molar-refractivity contribution in [3.63, 3.8) is 0 Å². The minimum Gasteiger partial charge on any atom is -0.481 e. The van der Waals surface area contributed by atoms with Crippen molar-refractivity contribution in [3.8, 4) is 5.75 Å². The normalized spacial score (nSPS) is 11.1. The second kappa shape index (κ2) is 12.8. The number of rotatable bonds is 10. The highest BCUT2D eigenvalue weighted by atomic mass is 19.4. The Morgan fingerprint density at radius 1 is 0.923 bits per heavy atom. The van der Waals surface area contributed by atoms with Crippen molar-refractivity contribution in [2.24, 2.45) is 0 Å². The number of nitrogens with zero attached hydrogens (tertiary/aromatic N) is 1. The highest BCUT2D eigenvalue weighted by Crippen LogP contribution is 2.26. The summed E-state index contributed by atoms with van der Waals surface area (Å²) in [4.78, 5) is 37.6. The molecule has 3 aromatic carbocycles. The predicted octanol–water partition coefficient (Wildman–Crippen LogP) is 6.15. The lowest BCUT2D eigenvalue weighted by atomic mass is 10.0. The first kappa shape index (κ1) is 29.0. The van der Waals surface area contributed by atoms with E-state index >= 15 is 0 Å². The number of carboxylic acid groups (broad SMARTS) is 1. The number of ether oxygens (including phenoxy) is 1. The Balaban J connectivity index is 1.77. The Hall–Kier alpha value is -4.54. The summed E-state index contributed by atoms with van der Waals surface area (Å²) in [5.41, 5.74) is 2.98. The number of carbonyl (C=O) groups is 3. The molecule has 0 radical (unpaired) electrons. The summed E-state index contributed by atoms with van der Waals surface area (Å²) in [7, 11) is 0. The fourth-order valence-corrected chi connectivity index (χ4v) is 3.58. The van der Waals surface area contributed by atoms with Crippen molar-refractivity contribution in [2.45, 2.75) is 39.1 Å². The average Bonchev–Trinajstić information content (AvgIpc) is 2.87. The van der Waals surface area contributed by atoms with E-state index in [1.54, 1.807) is 36.4 Å². The Labute approximate surface area is 223 Å². The summed E-state index contributed by atoms with van der Waals surface area (Å²) in [5.74, 6) is -1.56. The van der Waals surface area contributed by atoms with Gasteiger partial charge in [-0.15, -0.1) is 13.2 Å². The van der Waals surface area contributed by atoms with Crippen LogP contribution in [0.3, 0.4) is 0 Å². The molecule has 0 aliphatic rings. The molecule has 0 aliphatic heterocycles. The van der Waals surface area contributed by atoms with E-state index in [1.165, 1.54) is 17.0 Å². The van der Waals surface area contributed by atoms with Crippen LogP contribution in [0.25, 0.3) is 0 Å². The lowest BCUT2D eigenvalue weighted by Gasteiger charge is -2.24. The van der Waals surface area contributed by atoms with E-state index in [4.69, 9.17) is 5.11 Å². The van der Waals surface area contributed by atoms with Crippen LogP contribution < -0.4 is 20.3 Å². The quantitative estimate of drug-likeness (QED) is 0.284. The van der Waals surface area contributed by atoms with Crippen molar-refractivity contribution >= 4 is 29.3 Å². The zero-order valence-electron chi connectivity index (χ0n) is 21.3. The lowest BCUT2D eigenvalue weighted by Crippen LogP contribution is -2.34. The molecule has 3 rings (SSSR count). The zero-order chi connectivity index (χ0) is 28.6. The Morgan fingerprint density at radius 3 is 2.08 bits per heavy atom. The topological polar surface area (TPSA) is 108 Å². The number of carbonyl (C=O) groups excluding carboxylic acids is 2. The van der Waals surface area contributed by atoms with E-state index in [9.17, 15) is 27.6 Å². The number of urea groups is 1. The standard InChI is InChI=1S/C28H28F3N3O5/c1-18(2)20-7-11-23(12-8-20)34(27(38)33-22-9-13-24(14-10-22)39-28(29,30)31)17-19-3-5-21(6-4-19)26(37)32-16-15-25(35)36/h3-14,18H,15-17H2,1-2H3,(H,32,37)(H,33,38)(H,35,36). The number of carboxylic acids is 1. The molecule has 39 heavy (non-hydrogen) atoms. The molecule has 3 aromatic rings. The van der Waals surface area contributed by atoms with Crippen molar-refractivity contribution in [1.82, 2.24) is 5.32 Å². The van der Waals surface area contributed by atoms with E-state index in [0.29, 0.717) is 16.8 Å². The third-order valence-corrected chi connectivity index (χ3v) is 5.64. The molecule has 206 valence electrons. The molecule has 11 heteroatoms. The fraction of sp³-hybridized carbons (Fsp3) is 0.250. The molecule has 0 saturated carbocycles. The van der Waals surface area contributed by atoms with E-state index in [1.807, 2.05) is 26.0 Å². The van der Waals surface area contributed by atoms with Gasteiger partial charge in [-0.3, -0.25) is 14.5 Å². The van der Waals surface area contributed by atoms with Crippen molar-refractivity contribution in [2.75, 3.05) is 16.8 Å². The summed E-state index contributed by atoms with van der Waals surface area (Å²) in [6, 6.07) is 18.2. The van der Waals surface area contributed by atoms with Crippen LogP contribution in [-0.2, 0) is 11.3 Å². The Bertz CT molecular complexity index is 1280. The second-order valence-electron chi connectivity index (χ2n) is 8.93. The molecule has 0 fully saturated rings. The number of anilines is 2. The van der Waals surface area contributed by atoms with Gasteiger partial charge in [-0.05, 0) is 65.6 Å². The van der Waals surface area contributed by atoms with E-state index < -0.39 is 30.0 Å². The number of alkyl halides is 3. The zero-order valence-corrected chi connectivity index (χ0v) is 21.3. The van der Waals surface area contributed by atoms with Crippen LogP contribution in [0.4, 0.5) is 29.3 Å². The summed E-state index contributed by atoms with van der Waals surface area (Å²) in [6.07, 6.45) is -5.01. The summed E-state index contributed by atoms with van der Waals surface area (Å²) >= 11 is 0. The van der Waals surface area contributed by atoms with E-state index in [2.05, 4.69) is 15.4 Å². The SMILES string of the molecule is CC(C)c1ccc(N(Cc2ccc(C(=O)NCCC(=O)O)cc2)C(=O)Nc2ccc(OC(F)(F)F)cc2)cc1. The summed E-state index contributed by atoms with van der Waals surface area (Å²) in [5, 5.41) is 13.9. The largest absolute Gasteiger partial charge is 0.573 e. The first-order chi connectivity index (χ1) is 18.4. The molecule has 8 nitrogen and oxygen atoms in total. The van der Waals surface area contributed by atoms with Crippen molar-refractivity contribution in [1.29, 1.82) is 0 Å². The van der Waals surface area contributed by atoms with Crippen LogP contribution in [0.1, 0.15) is 47.7 Å². The summed E-state index contributed by atoms with van der Waals surface area (Å²) in [6.45, 7) is 4.22. The molecule has 0 saturated heterocycles. The lowest BCUT2D eigenvalue weighted by molar-refractivity contribution is -0.274. The van der Waals surface area contributed by atoms with Gasteiger partial charge in [-0.25, -0.2) is 4.79 Å². The van der Waals surface area contributed by atoms with Crippen LogP contribution in [-0.4, -0.2) is 35.9 Å². The maximum Gasteiger partial charge on any atom is 0.573 e. The van der Waals surface area contributed by atoms with E-state index in [0.717, 1.165) is 17.7 Å². The molecule has 0 aliphatic carbocycles. The maximum atomic E-state index is 13.3. The molecule has 0 aromatic heterocycles. The number of benzene rings is 3. The van der Waals surface area contributed by atoms with Crippen LogP contribution in [0.2, 0.25) is 0 Å². The number of hydrogen-bond acceptors (Lipinski definition) is 4. The fourth-order valence-electron chi connectivity index (χ4n) is 3.58. The first-order valence-corrected chi connectivity index (χ1v) is 12.0. The minimum absolute atomic E-state index is 0.000447. The number of nitrogens with one attached hydrogen (secondary N) is 2. The van der Waals surface area contributed by atoms with Gasteiger partial charge >= 0.3 is 18.4 Å². The van der Waals surface area contributed by atoms with Gasteiger partial charge in [-0.2, -0.15) is 0 Å². The van der Waals surface area contributed by atoms with Crippen LogP contribution >= 0.6 is 0 Å². The van der Waals surface area contributed by atoms with Crippen LogP contribution in [0.5, 0.6) is 5.75 Å². The third-order valence-electron chi connectivity index (χ3n) is 5.64. The first-order valence-electron chi connectivity index (χ1n) is 12.0. The minimum atomic E-state index is -4.82. The molecule has 0 heterocycles. The molecular formula is C28H28F3N3O5. The highest BCUT2D eigenvalue weighted by molar-refractivity contribution is 6.01. The van der Waals surface area contributed by atoms with Gasteiger partial charge < -0.3 is 20.5 Å². The average molecular weight is 544 g/mol. The molecule has 0 atom stereocenters.